The summed E-state index contributed by atoms with van der Waals surface area (Å²) < 4.78 is 11.9. The second kappa shape index (κ2) is 6.94. The molecule has 1 heterocycles. The molecule has 0 radical (unpaired) electrons. The summed E-state index contributed by atoms with van der Waals surface area (Å²) in [5, 5.41) is -0.375. The van der Waals surface area contributed by atoms with E-state index in [0.717, 1.165) is 25.9 Å². The van der Waals surface area contributed by atoms with Crippen molar-refractivity contribution in [2.24, 2.45) is 5.92 Å². The average molecular weight is 257 g/mol. The third-order valence-corrected chi connectivity index (χ3v) is 4.84. The Morgan fingerprint density at radius 3 is 2.59 bits per heavy atom. The van der Waals surface area contributed by atoms with Crippen LogP contribution in [0.2, 0.25) is 0 Å². The largest absolute Gasteiger partial charge is 0.342 e. The average Bonchev–Trinajstić information content (AvgIpc) is 2.35. The smallest absolute Gasteiger partial charge is 0.238 e. The highest BCUT2D eigenvalue weighted by Gasteiger charge is 2.27. The van der Waals surface area contributed by atoms with E-state index in [1.165, 1.54) is 0 Å². The highest BCUT2D eigenvalue weighted by molar-refractivity contribution is 7.86. The van der Waals surface area contributed by atoms with E-state index in [0.29, 0.717) is 11.7 Å². The van der Waals surface area contributed by atoms with Crippen LogP contribution in [0.25, 0.3) is 0 Å². The van der Waals surface area contributed by atoms with E-state index < -0.39 is 10.8 Å². The van der Waals surface area contributed by atoms with Crippen LogP contribution in [0.4, 0.5) is 0 Å². The predicted molar refractivity (Wildman–Crippen MR) is 72.3 cm³/mol. The molecule has 0 bridgehead atoms. The van der Waals surface area contributed by atoms with Crippen LogP contribution in [0.5, 0.6) is 0 Å². The Labute approximate surface area is 107 Å². The molecule has 0 aromatic carbocycles. The summed E-state index contributed by atoms with van der Waals surface area (Å²) >= 11 is 0. The second-order valence-electron chi connectivity index (χ2n) is 4.77. The zero-order valence-corrected chi connectivity index (χ0v) is 11.8. The molecule has 1 fully saturated rings. The number of hydrogen-bond donors (Lipinski definition) is 0. The first-order chi connectivity index (χ1) is 8.06. The van der Waals surface area contributed by atoms with Gasteiger partial charge >= 0.3 is 0 Å². The molecule has 2 atom stereocenters. The third-order valence-electron chi connectivity index (χ3n) is 3.33. The number of rotatable bonds is 4. The lowest BCUT2D eigenvalue weighted by Crippen LogP contribution is -2.44. The van der Waals surface area contributed by atoms with Gasteiger partial charge in [-0.3, -0.25) is 9.00 Å². The van der Waals surface area contributed by atoms with Crippen molar-refractivity contribution in [2.45, 2.75) is 38.9 Å². The lowest BCUT2D eigenvalue weighted by atomic mass is 9.99. The molecule has 17 heavy (non-hydrogen) atoms. The Balaban J connectivity index is 2.48. The van der Waals surface area contributed by atoms with Crippen LogP contribution in [0.15, 0.2) is 12.2 Å². The molecule has 0 N–H and O–H groups in total. The molecule has 1 amide bonds. The number of allylic oxidation sites excluding steroid dienone is 1. The fourth-order valence-electron chi connectivity index (χ4n) is 1.93. The van der Waals surface area contributed by atoms with E-state index in [9.17, 15) is 9.00 Å². The van der Waals surface area contributed by atoms with Crippen LogP contribution in [0, 0.1) is 5.92 Å². The van der Waals surface area contributed by atoms with Crippen LogP contribution < -0.4 is 0 Å². The first-order valence-corrected chi connectivity index (χ1v) is 7.71. The first-order valence-electron chi connectivity index (χ1n) is 6.33. The van der Waals surface area contributed by atoms with Gasteiger partial charge in [0, 0.05) is 29.6 Å². The molecule has 0 aromatic heterocycles. The minimum atomic E-state index is -1.08. The van der Waals surface area contributed by atoms with Gasteiger partial charge < -0.3 is 4.90 Å². The summed E-state index contributed by atoms with van der Waals surface area (Å²) in [6.07, 6.45) is 5.87. The summed E-state index contributed by atoms with van der Waals surface area (Å²) in [6, 6.07) is 0. The van der Waals surface area contributed by atoms with Gasteiger partial charge in [0.05, 0.1) is 0 Å². The maximum absolute atomic E-state index is 12.1. The summed E-state index contributed by atoms with van der Waals surface area (Å²) in [6.45, 7) is 7.54. The number of nitrogens with zero attached hydrogens (tertiary/aromatic N) is 1. The molecule has 4 heteroatoms. The Bertz CT molecular complexity index is 307. The summed E-state index contributed by atoms with van der Waals surface area (Å²) in [4.78, 5) is 14.0. The molecule has 0 spiro atoms. The molecule has 3 nitrogen and oxygen atoms in total. The molecule has 1 rings (SSSR count). The van der Waals surface area contributed by atoms with E-state index in [4.69, 9.17) is 0 Å². The molecule has 0 unspecified atom stereocenters. The summed E-state index contributed by atoms with van der Waals surface area (Å²) in [5.41, 5.74) is 0. The van der Waals surface area contributed by atoms with Gasteiger partial charge in [0.1, 0.15) is 5.25 Å². The lowest BCUT2D eigenvalue weighted by molar-refractivity contribution is -0.131. The molecule has 1 aliphatic heterocycles. The fourth-order valence-corrected chi connectivity index (χ4v) is 2.98. The highest BCUT2D eigenvalue weighted by Crippen LogP contribution is 2.17. The van der Waals surface area contributed by atoms with Gasteiger partial charge in [-0.25, -0.2) is 0 Å². The zero-order valence-electron chi connectivity index (χ0n) is 11.0. The van der Waals surface area contributed by atoms with Crippen molar-refractivity contribution in [2.75, 3.05) is 18.8 Å². The molecule has 1 saturated heterocycles. The van der Waals surface area contributed by atoms with Gasteiger partial charge in [0.2, 0.25) is 5.91 Å². The number of hydrogen-bond acceptors (Lipinski definition) is 2. The van der Waals surface area contributed by atoms with Gasteiger partial charge in [-0.2, -0.15) is 0 Å². The maximum atomic E-state index is 12.1. The standard InChI is InChI=1S/C13H23NO2S/c1-4-5-10-17(16)12(3)13(15)14-8-6-11(2)7-9-14/h4-5,11-12H,6-10H2,1-3H3/b5-4+/t12-,17-/m1/s1. The quantitative estimate of drug-likeness (QED) is 0.722. The minimum Gasteiger partial charge on any atom is -0.342 e. The third kappa shape index (κ3) is 4.26. The Hall–Kier alpha value is -0.640. The van der Waals surface area contributed by atoms with Crippen molar-refractivity contribution >= 4 is 16.7 Å². The van der Waals surface area contributed by atoms with Crippen molar-refractivity contribution in [1.82, 2.24) is 4.90 Å². The Kier molecular flexibility index (Phi) is 5.89. The SMILES string of the molecule is C/C=C/C[S@@](=O)[C@H](C)C(=O)N1CCC(C)CC1. The molecule has 0 saturated carbocycles. The highest BCUT2D eigenvalue weighted by atomic mass is 32.2. The van der Waals surface area contributed by atoms with Crippen molar-refractivity contribution < 1.29 is 9.00 Å². The number of amides is 1. The van der Waals surface area contributed by atoms with Crippen molar-refractivity contribution in [1.29, 1.82) is 0 Å². The second-order valence-corrected chi connectivity index (χ2v) is 6.57. The van der Waals surface area contributed by atoms with E-state index in [2.05, 4.69) is 6.92 Å². The van der Waals surface area contributed by atoms with Crippen LogP contribution in [-0.2, 0) is 15.6 Å². The normalized spacial score (nSPS) is 21.7. The van der Waals surface area contributed by atoms with Gasteiger partial charge in [0.25, 0.3) is 0 Å². The van der Waals surface area contributed by atoms with E-state index in [-0.39, 0.29) is 11.2 Å². The van der Waals surface area contributed by atoms with Gasteiger partial charge in [-0.15, -0.1) is 0 Å². The van der Waals surface area contributed by atoms with E-state index in [1.807, 2.05) is 24.0 Å². The number of carbonyl (C=O) groups is 1. The minimum absolute atomic E-state index is 0.0553. The Morgan fingerprint density at radius 1 is 1.47 bits per heavy atom. The zero-order chi connectivity index (χ0) is 12.8. The van der Waals surface area contributed by atoms with E-state index in [1.54, 1.807) is 6.92 Å². The van der Waals surface area contributed by atoms with Crippen LogP contribution >= 0.6 is 0 Å². The maximum Gasteiger partial charge on any atom is 0.238 e. The number of carbonyl (C=O) groups excluding carboxylic acids is 1. The summed E-state index contributed by atoms with van der Waals surface area (Å²) in [7, 11) is -1.08. The lowest BCUT2D eigenvalue weighted by Gasteiger charge is -2.31. The topological polar surface area (TPSA) is 37.4 Å². The molecular formula is C13H23NO2S. The van der Waals surface area contributed by atoms with Gasteiger partial charge in [-0.05, 0) is 32.6 Å². The van der Waals surface area contributed by atoms with Crippen molar-refractivity contribution in [3.05, 3.63) is 12.2 Å². The van der Waals surface area contributed by atoms with Gasteiger partial charge in [0.15, 0.2) is 0 Å². The van der Waals surface area contributed by atoms with Crippen LogP contribution in [0.1, 0.15) is 33.6 Å². The molecule has 1 aliphatic rings. The van der Waals surface area contributed by atoms with Crippen LogP contribution in [-0.4, -0.2) is 39.1 Å². The van der Waals surface area contributed by atoms with Crippen molar-refractivity contribution in [3.8, 4) is 0 Å². The fraction of sp³-hybridized carbons (Fsp3) is 0.769. The molecular weight excluding hydrogens is 234 g/mol. The molecule has 0 aliphatic carbocycles. The van der Waals surface area contributed by atoms with E-state index >= 15 is 0 Å². The van der Waals surface area contributed by atoms with Crippen molar-refractivity contribution in [3.63, 3.8) is 0 Å². The first kappa shape index (κ1) is 14.4. The summed E-state index contributed by atoms with van der Waals surface area (Å²) in [5.74, 6) is 1.25. The Morgan fingerprint density at radius 2 is 2.06 bits per heavy atom. The predicted octanol–water partition coefficient (Wildman–Crippen LogP) is 1.96. The number of piperidine rings is 1. The monoisotopic (exact) mass is 257 g/mol. The van der Waals surface area contributed by atoms with Gasteiger partial charge in [-0.1, -0.05) is 19.1 Å². The molecule has 0 aromatic rings. The number of likely N-dealkylation sites (tertiary alicyclic amines) is 1. The van der Waals surface area contributed by atoms with Crippen LogP contribution in [0.3, 0.4) is 0 Å². The molecule has 98 valence electrons.